The monoisotopic (exact) mass is 449 g/mol. The lowest BCUT2D eigenvalue weighted by Crippen LogP contribution is -2.52. The van der Waals surface area contributed by atoms with Crippen molar-refractivity contribution in [3.05, 3.63) is 63.7 Å². The summed E-state index contributed by atoms with van der Waals surface area (Å²) in [5, 5.41) is 11.1. The van der Waals surface area contributed by atoms with Gasteiger partial charge in [-0.05, 0) is 30.0 Å². The minimum atomic E-state index is -0.428. The lowest BCUT2D eigenvalue weighted by molar-refractivity contribution is -0.384. The first kappa shape index (κ1) is 21.5. The highest BCUT2D eigenvalue weighted by atomic mass is 16.6. The Labute approximate surface area is 192 Å². The summed E-state index contributed by atoms with van der Waals surface area (Å²) >= 11 is 0. The standard InChI is InChI=1S/C24H27N5O4/c30-23(27-9-7-18-3-1-2-4-21(18)27)16-25-11-13-26(14-12-25)17-24(31)28-10-8-19-5-6-20(29(32)33)15-22(19)28/h1-6,15H,7-14,16-17H2. The highest BCUT2D eigenvalue weighted by molar-refractivity contribution is 5.97. The normalized spacial score (nSPS) is 18.3. The number of piperazine rings is 1. The number of anilines is 2. The number of hydrogen-bond acceptors (Lipinski definition) is 6. The molecule has 0 aliphatic carbocycles. The van der Waals surface area contributed by atoms with Crippen molar-refractivity contribution in [2.75, 3.05) is 62.2 Å². The summed E-state index contributed by atoms with van der Waals surface area (Å²) in [6.07, 6.45) is 1.62. The summed E-state index contributed by atoms with van der Waals surface area (Å²) < 4.78 is 0. The molecule has 172 valence electrons. The van der Waals surface area contributed by atoms with Gasteiger partial charge in [-0.15, -0.1) is 0 Å². The molecule has 0 aromatic heterocycles. The zero-order chi connectivity index (χ0) is 22.9. The van der Waals surface area contributed by atoms with E-state index in [1.54, 1.807) is 11.0 Å². The summed E-state index contributed by atoms with van der Waals surface area (Å²) in [6, 6.07) is 12.8. The maximum atomic E-state index is 12.9. The molecule has 9 nitrogen and oxygen atoms in total. The van der Waals surface area contributed by atoms with E-state index in [0.717, 1.165) is 37.3 Å². The Morgan fingerprint density at radius 2 is 1.30 bits per heavy atom. The maximum Gasteiger partial charge on any atom is 0.271 e. The van der Waals surface area contributed by atoms with Crippen molar-refractivity contribution in [1.29, 1.82) is 0 Å². The summed E-state index contributed by atoms with van der Waals surface area (Å²) in [6.45, 7) is 4.86. The lowest BCUT2D eigenvalue weighted by Gasteiger charge is -2.35. The van der Waals surface area contributed by atoms with Gasteiger partial charge in [0.15, 0.2) is 0 Å². The Morgan fingerprint density at radius 3 is 1.91 bits per heavy atom. The third-order valence-electron chi connectivity index (χ3n) is 6.85. The Morgan fingerprint density at radius 1 is 0.758 bits per heavy atom. The van der Waals surface area contributed by atoms with Crippen molar-refractivity contribution >= 4 is 28.9 Å². The fourth-order valence-corrected chi connectivity index (χ4v) is 5.00. The van der Waals surface area contributed by atoms with Crippen LogP contribution in [0.2, 0.25) is 0 Å². The number of non-ortho nitro benzene ring substituents is 1. The zero-order valence-corrected chi connectivity index (χ0v) is 18.5. The van der Waals surface area contributed by atoms with E-state index in [9.17, 15) is 19.7 Å². The fraction of sp³-hybridized carbons (Fsp3) is 0.417. The van der Waals surface area contributed by atoms with E-state index in [0.29, 0.717) is 38.3 Å². The second-order valence-electron chi connectivity index (χ2n) is 8.84. The first-order valence-electron chi connectivity index (χ1n) is 11.4. The molecule has 0 unspecified atom stereocenters. The second kappa shape index (κ2) is 8.92. The Balaban J connectivity index is 1.13. The molecule has 0 atom stereocenters. The van der Waals surface area contributed by atoms with Gasteiger partial charge in [-0.25, -0.2) is 0 Å². The van der Waals surface area contributed by atoms with E-state index in [-0.39, 0.29) is 24.0 Å². The van der Waals surface area contributed by atoms with Crippen molar-refractivity contribution in [3.8, 4) is 0 Å². The Hall–Kier alpha value is -3.30. The molecule has 3 heterocycles. The van der Waals surface area contributed by atoms with Crippen LogP contribution in [0.15, 0.2) is 42.5 Å². The predicted octanol–water partition coefficient (Wildman–Crippen LogP) is 1.69. The van der Waals surface area contributed by atoms with Gasteiger partial charge < -0.3 is 9.80 Å². The molecule has 1 saturated heterocycles. The number of nitro benzene ring substituents is 1. The first-order valence-corrected chi connectivity index (χ1v) is 11.4. The number of nitrogens with zero attached hydrogens (tertiary/aromatic N) is 5. The van der Waals surface area contributed by atoms with E-state index in [4.69, 9.17) is 0 Å². The van der Waals surface area contributed by atoms with Crippen molar-refractivity contribution in [2.45, 2.75) is 12.8 Å². The van der Waals surface area contributed by atoms with Gasteiger partial charge in [0, 0.05) is 57.1 Å². The van der Waals surface area contributed by atoms with Gasteiger partial charge in [-0.1, -0.05) is 24.3 Å². The minimum Gasteiger partial charge on any atom is -0.311 e. The second-order valence-corrected chi connectivity index (χ2v) is 8.84. The van der Waals surface area contributed by atoms with Crippen LogP contribution in [0.5, 0.6) is 0 Å². The van der Waals surface area contributed by atoms with Gasteiger partial charge in [0.05, 0.1) is 23.7 Å². The molecule has 9 heteroatoms. The third kappa shape index (κ3) is 4.34. The molecule has 2 aromatic carbocycles. The smallest absolute Gasteiger partial charge is 0.271 e. The average molecular weight is 450 g/mol. The number of carbonyl (C=O) groups is 2. The highest BCUT2D eigenvalue weighted by Gasteiger charge is 2.30. The van der Waals surface area contributed by atoms with Crippen LogP contribution in [0.25, 0.3) is 0 Å². The quantitative estimate of drug-likeness (QED) is 0.510. The van der Waals surface area contributed by atoms with Crippen molar-refractivity contribution in [3.63, 3.8) is 0 Å². The van der Waals surface area contributed by atoms with E-state index in [1.165, 1.54) is 17.7 Å². The number of hydrogen-bond donors (Lipinski definition) is 0. The fourth-order valence-electron chi connectivity index (χ4n) is 5.00. The lowest BCUT2D eigenvalue weighted by atomic mass is 10.1. The number of nitro groups is 1. The molecular formula is C24H27N5O4. The minimum absolute atomic E-state index is 0.00681. The molecule has 0 spiro atoms. The first-order chi connectivity index (χ1) is 16.0. The van der Waals surface area contributed by atoms with Crippen LogP contribution in [-0.4, -0.2) is 78.9 Å². The number of rotatable bonds is 5. The van der Waals surface area contributed by atoms with Gasteiger partial charge in [-0.3, -0.25) is 29.5 Å². The molecule has 0 N–H and O–H groups in total. The molecule has 2 aromatic rings. The molecule has 3 aliphatic rings. The molecule has 33 heavy (non-hydrogen) atoms. The summed E-state index contributed by atoms with van der Waals surface area (Å²) in [4.78, 5) is 44.3. The number of para-hydroxylation sites is 1. The maximum absolute atomic E-state index is 12.9. The van der Waals surface area contributed by atoms with Crippen LogP contribution >= 0.6 is 0 Å². The third-order valence-corrected chi connectivity index (χ3v) is 6.85. The van der Waals surface area contributed by atoms with E-state index in [2.05, 4.69) is 15.9 Å². The van der Waals surface area contributed by atoms with Crippen molar-refractivity contribution in [2.24, 2.45) is 0 Å². The van der Waals surface area contributed by atoms with Crippen LogP contribution in [-0.2, 0) is 22.4 Å². The number of fused-ring (bicyclic) bond motifs is 2. The van der Waals surface area contributed by atoms with E-state index in [1.807, 2.05) is 23.1 Å². The Bertz CT molecular complexity index is 1100. The molecule has 5 rings (SSSR count). The van der Waals surface area contributed by atoms with Crippen molar-refractivity contribution < 1.29 is 14.5 Å². The zero-order valence-electron chi connectivity index (χ0n) is 18.5. The van der Waals surface area contributed by atoms with Gasteiger partial charge >= 0.3 is 0 Å². The number of carbonyl (C=O) groups excluding carboxylic acids is 2. The van der Waals surface area contributed by atoms with E-state index < -0.39 is 4.92 Å². The number of benzene rings is 2. The Kier molecular flexibility index (Phi) is 5.82. The predicted molar refractivity (Wildman–Crippen MR) is 125 cm³/mol. The van der Waals surface area contributed by atoms with Crippen LogP contribution in [0, 0.1) is 10.1 Å². The average Bonchev–Trinajstić information content (AvgIpc) is 3.44. The van der Waals surface area contributed by atoms with Gasteiger partial charge in [-0.2, -0.15) is 0 Å². The van der Waals surface area contributed by atoms with Crippen LogP contribution in [0.3, 0.4) is 0 Å². The van der Waals surface area contributed by atoms with Crippen LogP contribution < -0.4 is 9.80 Å². The molecular weight excluding hydrogens is 422 g/mol. The SMILES string of the molecule is O=C(CN1CCN(CC(=O)N2CCc3ccc([N+](=O)[O-])cc32)CC1)N1CCc2ccccc21. The summed E-state index contributed by atoms with van der Waals surface area (Å²) in [7, 11) is 0. The molecule has 2 amide bonds. The topological polar surface area (TPSA) is 90.2 Å². The molecule has 0 bridgehead atoms. The molecule has 3 aliphatic heterocycles. The number of amides is 2. The highest BCUT2D eigenvalue weighted by Crippen LogP contribution is 2.32. The molecule has 0 saturated carbocycles. The van der Waals surface area contributed by atoms with Crippen molar-refractivity contribution in [1.82, 2.24) is 9.80 Å². The molecule has 0 radical (unpaired) electrons. The van der Waals surface area contributed by atoms with E-state index >= 15 is 0 Å². The van der Waals surface area contributed by atoms with Crippen LogP contribution in [0.1, 0.15) is 11.1 Å². The van der Waals surface area contributed by atoms with Gasteiger partial charge in [0.25, 0.3) is 5.69 Å². The van der Waals surface area contributed by atoms with Gasteiger partial charge in [0.1, 0.15) is 0 Å². The molecule has 1 fully saturated rings. The van der Waals surface area contributed by atoms with Gasteiger partial charge in [0.2, 0.25) is 11.8 Å². The van der Waals surface area contributed by atoms with Crippen LogP contribution in [0.4, 0.5) is 17.1 Å². The summed E-state index contributed by atoms with van der Waals surface area (Å²) in [5.41, 5.74) is 3.89. The largest absolute Gasteiger partial charge is 0.311 e. The summed E-state index contributed by atoms with van der Waals surface area (Å²) in [5.74, 6) is 0.0900.